The van der Waals surface area contributed by atoms with Crippen LogP contribution in [-0.4, -0.2) is 31.1 Å². The Morgan fingerprint density at radius 2 is 1.64 bits per heavy atom. The van der Waals surface area contributed by atoms with Crippen molar-refractivity contribution in [2.45, 2.75) is 25.9 Å². The zero-order valence-electron chi connectivity index (χ0n) is 14.1. The third kappa shape index (κ3) is 4.67. The fourth-order valence-electron chi connectivity index (χ4n) is 2.58. The lowest BCUT2D eigenvalue weighted by atomic mass is 10.1. The SMILES string of the molecule is CC(=O)c1ccc(OC(=O)c2ccc(OC[C@H]3CCCO3)cc2)cc1. The number of rotatable bonds is 6. The standard InChI is InChI=1S/C20H20O5/c1-14(21)15-4-10-18(11-5-15)25-20(22)16-6-8-17(9-7-16)24-13-19-3-2-12-23-19/h4-11,19H,2-3,12-13H2,1H3/t19-/m1/s1. The van der Waals surface area contributed by atoms with Crippen molar-refractivity contribution in [2.75, 3.05) is 13.2 Å². The Labute approximate surface area is 146 Å². The van der Waals surface area contributed by atoms with Gasteiger partial charge in [-0.15, -0.1) is 0 Å². The van der Waals surface area contributed by atoms with E-state index in [9.17, 15) is 9.59 Å². The number of hydrogen-bond donors (Lipinski definition) is 0. The van der Waals surface area contributed by atoms with Gasteiger partial charge >= 0.3 is 5.97 Å². The van der Waals surface area contributed by atoms with E-state index in [2.05, 4.69) is 0 Å². The molecule has 0 saturated carbocycles. The summed E-state index contributed by atoms with van der Waals surface area (Å²) in [4.78, 5) is 23.4. The highest BCUT2D eigenvalue weighted by Crippen LogP contribution is 2.18. The fraction of sp³-hybridized carbons (Fsp3) is 0.300. The molecule has 25 heavy (non-hydrogen) atoms. The van der Waals surface area contributed by atoms with Gasteiger partial charge in [-0.2, -0.15) is 0 Å². The number of carbonyl (C=O) groups excluding carboxylic acids is 2. The van der Waals surface area contributed by atoms with Crippen LogP contribution in [-0.2, 0) is 4.74 Å². The van der Waals surface area contributed by atoms with Crippen molar-refractivity contribution < 1.29 is 23.8 Å². The molecule has 0 spiro atoms. The maximum Gasteiger partial charge on any atom is 0.343 e. The average Bonchev–Trinajstić information content (AvgIpc) is 3.14. The lowest BCUT2D eigenvalue weighted by molar-refractivity contribution is 0.0678. The number of Topliss-reactive ketones (excluding diaryl/α,β-unsaturated/α-hetero) is 1. The van der Waals surface area contributed by atoms with Crippen molar-refractivity contribution in [1.82, 2.24) is 0 Å². The minimum absolute atomic E-state index is 0.0310. The topological polar surface area (TPSA) is 61.8 Å². The van der Waals surface area contributed by atoms with Gasteiger partial charge in [0.25, 0.3) is 0 Å². The Hall–Kier alpha value is -2.66. The van der Waals surface area contributed by atoms with Crippen LogP contribution >= 0.6 is 0 Å². The normalized spacial score (nSPS) is 16.4. The van der Waals surface area contributed by atoms with Crippen LogP contribution in [0.4, 0.5) is 0 Å². The molecule has 0 N–H and O–H groups in total. The molecule has 0 radical (unpaired) electrons. The summed E-state index contributed by atoms with van der Waals surface area (Å²) >= 11 is 0. The first-order chi connectivity index (χ1) is 12.1. The van der Waals surface area contributed by atoms with Crippen molar-refractivity contribution in [3.8, 4) is 11.5 Å². The minimum atomic E-state index is -0.457. The molecule has 0 aliphatic carbocycles. The van der Waals surface area contributed by atoms with E-state index in [0.717, 1.165) is 19.4 Å². The van der Waals surface area contributed by atoms with Crippen LogP contribution in [0.2, 0.25) is 0 Å². The molecule has 0 aromatic heterocycles. The van der Waals surface area contributed by atoms with Crippen molar-refractivity contribution in [3.63, 3.8) is 0 Å². The molecule has 1 fully saturated rings. The molecule has 1 saturated heterocycles. The Balaban J connectivity index is 1.55. The summed E-state index contributed by atoms with van der Waals surface area (Å²) < 4.78 is 16.5. The zero-order chi connectivity index (χ0) is 17.6. The molecule has 3 rings (SSSR count). The molecule has 1 aliphatic heterocycles. The van der Waals surface area contributed by atoms with Gasteiger partial charge in [0.05, 0.1) is 11.7 Å². The van der Waals surface area contributed by atoms with Gasteiger partial charge in [-0.05, 0) is 68.3 Å². The molecule has 2 aromatic carbocycles. The molecule has 5 heteroatoms. The second kappa shape index (κ2) is 7.94. The van der Waals surface area contributed by atoms with E-state index in [1.165, 1.54) is 6.92 Å². The van der Waals surface area contributed by atoms with Crippen LogP contribution in [0.3, 0.4) is 0 Å². The number of benzene rings is 2. The maximum atomic E-state index is 12.2. The fourth-order valence-corrected chi connectivity index (χ4v) is 2.58. The Morgan fingerprint density at radius 3 is 2.24 bits per heavy atom. The van der Waals surface area contributed by atoms with E-state index in [4.69, 9.17) is 14.2 Å². The molecule has 2 aromatic rings. The van der Waals surface area contributed by atoms with Gasteiger partial charge in [0.2, 0.25) is 0 Å². The first-order valence-electron chi connectivity index (χ1n) is 8.29. The monoisotopic (exact) mass is 340 g/mol. The maximum absolute atomic E-state index is 12.2. The van der Waals surface area contributed by atoms with Gasteiger partial charge < -0.3 is 14.2 Å². The predicted molar refractivity (Wildman–Crippen MR) is 92.3 cm³/mol. The Kier molecular flexibility index (Phi) is 5.46. The van der Waals surface area contributed by atoms with Gasteiger partial charge in [-0.1, -0.05) is 0 Å². The van der Waals surface area contributed by atoms with Crippen LogP contribution in [0.25, 0.3) is 0 Å². The van der Waals surface area contributed by atoms with Gasteiger partial charge in [0.1, 0.15) is 18.1 Å². The molecular formula is C20H20O5. The number of esters is 1. The molecule has 0 unspecified atom stereocenters. The highest BCUT2D eigenvalue weighted by atomic mass is 16.5. The summed E-state index contributed by atoms with van der Waals surface area (Å²) in [6.45, 7) is 2.81. The largest absolute Gasteiger partial charge is 0.491 e. The lowest BCUT2D eigenvalue weighted by Crippen LogP contribution is -2.16. The molecular weight excluding hydrogens is 320 g/mol. The average molecular weight is 340 g/mol. The van der Waals surface area contributed by atoms with Gasteiger partial charge in [-0.3, -0.25) is 4.79 Å². The quantitative estimate of drug-likeness (QED) is 0.456. The third-order valence-electron chi connectivity index (χ3n) is 4.02. The number of hydrogen-bond acceptors (Lipinski definition) is 5. The van der Waals surface area contributed by atoms with Crippen LogP contribution in [0.1, 0.15) is 40.5 Å². The molecule has 130 valence electrons. The number of ether oxygens (including phenoxy) is 3. The molecule has 5 nitrogen and oxygen atoms in total. The molecule has 1 heterocycles. The van der Waals surface area contributed by atoms with Gasteiger partial charge in [0, 0.05) is 12.2 Å². The van der Waals surface area contributed by atoms with Crippen LogP contribution in [0, 0.1) is 0 Å². The minimum Gasteiger partial charge on any atom is -0.491 e. The van der Waals surface area contributed by atoms with Crippen LogP contribution < -0.4 is 9.47 Å². The van der Waals surface area contributed by atoms with E-state index in [1.807, 2.05) is 0 Å². The lowest BCUT2D eigenvalue weighted by Gasteiger charge is -2.11. The van der Waals surface area contributed by atoms with Crippen LogP contribution in [0.5, 0.6) is 11.5 Å². The number of carbonyl (C=O) groups is 2. The third-order valence-corrected chi connectivity index (χ3v) is 4.02. The van der Waals surface area contributed by atoms with E-state index in [0.29, 0.717) is 29.2 Å². The first-order valence-corrected chi connectivity index (χ1v) is 8.29. The smallest absolute Gasteiger partial charge is 0.343 e. The highest BCUT2D eigenvalue weighted by Gasteiger charge is 2.16. The van der Waals surface area contributed by atoms with E-state index in [1.54, 1.807) is 48.5 Å². The summed E-state index contributed by atoms with van der Waals surface area (Å²) in [5, 5.41) is 0. The van der Waals surface area contributed by atoms with E-state index in [-0.39, 0.29) is 11.9 Å². The van der Waals surface area contributed by atoms with Crippen molar-refractivity contribution in [1.29, 1.82) is 0 Å². The Bertz CT molecular complexity index is 728. The summed E-state index contributed by atoms with van der Waals surface area (Å²) in [5.74, 6) is 0.601. The van der Waals surface area contributed by atoms with Crippen molar-refractivity contribution >= 4 is 11.8 Å². The first kappa shape index (κ1) is 17.2. The van der Waals surface area contributed by atoms with Crippen molar-refractivity contribution in [3.05, 3.63) is 59.7 Å². The summed E-state index contributed by atoms with van der Waals surface area (Å²) in [6, 6.07) is 13.3. The molecule has 1 aliphatic rings. The predicted octanol–water partition coefficient (Wildman–Crippen LogP) is 3.67. The molecule has 0 bridgehead atoms. The highest BCUT2D eigenvalue weighted by molar-refractivity contribution is 5.94. The number of ketones is 1. The molecule has 0 amide bonds. The summed E-state index contributed by atoms with van der Waals surface area (Å²) in [7, 11) is 0. The summed E-state index contributed by atoms with van der Waals surface area (Å²) in [6.07, 6.45) is 2.25. The second-order valence-electron chi connectivity index (χ2n) is 5.94. The van der Waals surface area contributed by atoms with E-state index >= 15 is 0 Å². The zero-order valence-corrected chi connectivity index (χ0v) is 14.1. The molecule has 1 atom stereocenters. The Morgan fingerprint density at radius 1 is 1.00 bits per heavy atom. The van der Waals surface area contributed by atoms with Crippen molar-refractivity contribution in [2.24, 2.45) is 0 Å². The van der Waals surface area contributed by atoms with Gasteiger partial charge in [-0.25, -0.2) is 4.79 Å². The van der Waals surface area contributed by atoms with E-state index < -0.39 is 5.97 Å². The second-order valence-corrected chi connectivity index (χ2v) is 5.94. The summed E-state index contributed by atoms with van der Waals surface area (Å²) in [5.41, 5.74) is 1.01. The van der Waals surface area contributed by atoms with Crippen LogP contribution in [0.15, 0.2) is 48.5 Å². The van der Waals surface area contributed by atoms with Gasteiger partial charge in [0.15, 0.2) is 5.78 Å².